The van der Waals surface area contributed by atoms with E-state index in [2.05, 4.69) is 41.3 Å². The molecule has 0 bridgehead atoms. The molecule has 3 heterocycles. The summed E-state index contributed by atoms with van der Waals surface area (Å²) in [6.45, 7) is 7.69. The number of nitrogens with one attached hydrogen (secondary N) is 1. The fourth-order valence-electron chi connectivity index (χ4n) is 6.12. The monoisotopic (exact) mass is 557 g/mol. The highest BCUT2D eigenvalue weighted by Crippen LogP contribution is 2.40. The van der Waals surface area contributed by atoms with E-state index in [0.717, 1.165) is 62.2 Å². The number of halogens is 3. The van der Waals surface area contributed by atoms with Crippen LogP contribution < -0.4 is 10.2 Å². The molecule has 3 aliphatic rings. The summed E-state index contributed by atoms with van der Waals surface area (Å²) in [7, 11) is 1.97. The average Bonchev–Trinajstić information content (AvgIpc) is 3.36. The maximum atomic E-state index is 13.1. The Balaban J connectivity index is 1.20. The fraction of sp³-hybridized carbons (Fsp3) is 0.500. The van der Waals surface area contributed by atoms with Gasteiger partial charge in [0.2, 0.25) is 0 Å². The topological polar surface area (TPSA) is 51.3 Å². The quantitative estimate of drug-likeness (QED) is 0.468. The van der Waals surface area contributed by atoms with Crippen LogP contribution in [0, 0.1) is 13.8 Å². The second-order valence-electron chi connectivity index (χ2n) is 10.9. The van der Waals surface area contributed by atoms with Crippen molar-refractivity contribution in [2.45, 2.75) is 57.8 Å². The normalized spacial score (nSPS) is 21.9. The van der Waals surface area contributed by atoms with Crippen molar-refractivity contribution >= 4 is 5.91 Å². The lowest BCUT2D eigenvalue weighted by Gasteiger charge is -2.49. The van der Waals surface area contributed by atoms with Crippen LogP contribution in [0.3, 0.4) is 0 Å². The first-order valence-electron chi connectivity index (χ1n) is 14.0. The average molecular weight is 558 g/mol. The number of carbonyl (C=O) groups is 1. The Morgan fingerprint density at radius 1 is 1.05 bits per heavy atom. The van der Waals surface area contributed by atoms with Gasteiger partial charge in [0, 0.05) is 69.7 Å². The Bertz CT molecular complexity index is 1230. The Morgan fingerprint density at radius 3 is 2.52 bits per heavy atom. The Kier molecular flexibility index (Phi) is 8.28. The second-order valence-corrected chi connectivity index (χ2v) is 10.9. The van der Waals surface area contributed by atoms with Gasteiger partial charge >= 0.3 is 6.18 Å². The summed E-state index contributed by atoms with van der Waals surface area (Å²) in [4.78, 5) is 17.4. The number of nitrogens with zero attached hydrogens (tertiary/aromatic N) is 4. The molecule has 1 amide bonds. The number of rotatable bonds is 7. The Morgan fingerprint density at radius 2 is 1.82 bits per heavy atom. The van der Waals surface area contributed by atoms with Crippen molar-refractivity contribution in [2.75, 3.05) is 39.8 Å². The van der Waals surface area contributed by atoms with Crippen LogP contribution in [0.4, 0.5) is 13.2 Å². The number of piperazine rings is 1. The summed E-state index contributed by atoms with van der Waals surface area (Å²) in [5.41, 5.74) is 6.39. The highest BCUT2D eigenvalue weighted by Gasteiger charge is 2.38. The molecule has 7 nitrogen and oxygen atoms in total. The van der Waals surface area contributed by atoms with Gasteiger partial charge < -0.3 is 15.1 Å². The van der Waals surface area contributed by atoms with E-state index >= 15 is 0 Å². The molecule has 216 valence electrons. The van der Waals surface area contributed by atoms with Gasteiger partial charge in [-0.15, -0.1) is 5.12 Å². The number of carbonyl (C=O) groups excluding carboxylic acids is 1. The van der Waals surface area contributed by atoms with Crippen molar-refractivity contribution in [1.82, 2.24) is 25.4 Å². The van der Waals surface area contributed by atoms with Crippen LogP contribution in [0.15, 0.2) is 48.8 Å². The lowest BCUT2D eigenvalue weighted by atomic mass is 9.86. The molecule has 40 heavy (non-hydrogen) atoms. The molecule has 0 saturated carbocycles. The van der Waals surface area contributed by atoms with Crippen LogP contribution in [-0.4, -0.2) is 71.7 Å². The van der Waals surface area contributed by atoms with Gasteiger partial charge in [0.15, 0.2) is 0 Å². The van der Waals surface area contributed by atoms with Crippen molar-refractivity contribution in [2.24, 2.45) is 0 Å². The third-order valence-electron chi connectivity index (χ3n) is 8.51. The number of benzene rings is 2. The Hall–Kier alpha value is -3.24. The zero-order valence-electron chi connectivity index (χ0n) is 23.4. The summed E-state index contributed by atoms with van der Waals surface area (Å²) in [6, 6.07) is 9.35. The van der Waals surface area contributed by atoms with E-state index in [0.29, 0.717) is 25.3 Å². The van der Waals surface area contributed by atoms with Crippen LogP contribution in [-0.2, 0) is 6.18 Å². The van der Waals surface area contributed by atoms with Gasteiger partial charge in [-0.3, -0.25) is 14.7 Å². The predicted molar refractivity (Wildman–Crippen MR) is 147 cm³/mol. The molecule has 2 aromatic carbocycles. The first-order chi connectivity index (χ1) is 19.1. The van der Waals surface area contributed by atoms with Gasteiger partial charge in [-0.05, 0) is 80.1 Å². The lowest BCUT2D eigenvalue weighted by molar-refractivity contribution is -0.137. The van der Waals surface area contributed by atoms with Crippen molar-refractivity contribution < 1.29 is 22.7 Å². The molecule has 0 aromatic heterocycles. The summed E-state index contributed by atoms with van der Waals surface area (Å²) in [5.74, 6) is 0.719. The molecule has 0 radical (unpaired) electrons. The summed E-state index contributed by atoms with van der Waals surface area (Å²) in [6.07, 6.45) is 3.53. The molecular weight excluding hydrogens is 519 g/mol. The largest absolute Gasteiger partial charge is 0.493 e. The zero-order chi connectivity index (χ0) is 28.4. The van der Waals surface area contributed by atoms with Gasteiger partial charge in [0.1, 0.15) is 5.75 Å². The zero-order valence-corrected chi connectivity index (χ0v) is 23.4. The number of hydrogen-bond acceptors (Lipinski definition) is 6. The number of piperidine rings is 1. The molecule has 2 saturated heterocycles. The van der Waals surface area contributed by atoms with Crippen molar-refractivity contribution in [3.8, 4) is 5.75 Å². The van der Waals surface area contributed by atoms with E-state index in [4.69, 9.17) is 4.74 Å². The molecule has 0 aliphatic carbocycles. The van der Waals surface area contributed by atoms with Crippen molar-refractivity contribution in [1.29, 1.82) is 0 Å². The van der Waals surface area contributed by atoms with Crippen LogP contribution in [0.25, 0.3) is 0 Å². The number of fused-ring (bicyclic) bond motifs is 1. The van der Waals surface area contributed by atoms with Crippen LogP contribution in [0.5, 0.6) is 5.75 Å². The lowest BCUT2D eigenvalue weighted by Crippen LogP contribution is -2.57. The van der Waals surface area contributed by atoms with E-state index in [9.17, 15) is 18.0 Å². The summed E-state index contributed by atoms with van der Waals surface area (Å²) in [5, 5.41) is 4.03. The molecule has 2 aromatic rings. The van der Waals surface area contributed by atoms with E-state index in [-0.39, 0.29) is 18.0 Å². The van der Waals surface area contributed by atoms with E-state index < -0.39 is 11.7 Å². The molecule has 3 aliphatic heterocycles. The van der Waals surface area contributed by atoms with Gasteiger partial charge in [-0.2, -0.15) is 13.2 Å². The van der Waals surface area contributed by atoms with Gasteiger partial charge in [-0.25, -0.2) is 0 Å². The SMILES string of the molecule is Cc1c(OCCCN2C=CNN2C)ccc(C2CCCC3CN(C(=O)c4ccc(C(F)(F)F)cc4)CCN32)c1C. The van der Waals surface area contributed by atoms with Crippen LogP contribution >= 0.6 is 0 Å². The van der Waals surface area contributed by atoms with Crippen LogP contribution in [0.2, 0.25) is 0 Å². The Labute approximate surface area is 234 Å². The van der Waals surface area contributed by atoms with Gasteiger partial charge in [0.25, 0.3) is 5.91 Å². The molecule has 1 N–H and O–H groups in total. The number of hydrogen-bond donors (Lipinski definition) is 1. The van der Waals surface area contributed by atoms with E-state index in [1.807, 2.05) is 24.6 Å². The first-order valence-corrected chi connectivity index (χ1v) is 14.0. The van der Waals surface area contributed by atoms with Crippen LogP contribution in [0.1, 0.15) is 64.3 Å². The third-order valence-corrected chi connectivity index (χ3v) is 8.51. The highest BCUT2D eigenvalue weighted by atomic mass is 19.4. The fourth-order valence-corrected chi connectivity index (χ4v) is 6.12. The maximum Gasteiger partial charge on any atom is 0.416 e. The van der Waals surface area contributed by atoms with E-state index in [1.165, 1.54) is 23.3 Å². The predicted octanol–water partition coefficient (Wildman–Crippen LogP) is 5.28. The minimum Gasteiger partial charge on any atom is -0.493 e. The molecule has 2 unspecified atom stereocenters. The van der Waals surface area contributed by atoms with Crippen molar-refractivity contribution in [3.05, 3.63) is 76.6 Å². The molecule has 5 rings (SSSR count). The molecule has 0 spiro atoms. The number of ether oxygens (including phenoxy) is 1. The second kappa shape index (κ2) is 11.7. The third kappa shape index (κ3) is 5.93. The number of hydrazine groups is 2. The summed E-state index contributed by atoms with van der Waals surface area (Å²) < 4.78 is 45.0. The minimum atomic E-state index is -4.41. The number of amides is 1. The van der Waals surface area contributed by atoms with Gasteiger partial charge in [-0.1, -0.05) is 6.07 Å². The smallest absolute Gasteiger partial charge is 0.416 e. The minimum absolute atomic E-state index is 0.201. The first kappa shape index (κ1) is 28.3. The molecular formula is C30H38F3N5O2. The maximum absolute atomic E-state index is 13.1. The summed E-state index contributed by atoms with van der Waals surface area (Å²) >= 11 is 0. The molecule has 2 fully saturated rings. The van der Waals surface area contributed by atoms with E-state index in [1.54, 1.807) is 4.90 Å². The van der Waals surface area contributed by atoms with Gasteiger partial charge in [0.05, 0.1) is 12.2 Å². The standard InChI is InChI=1S/C30H38F3N5O2/c1-21-22(2)28(40-19-5-15-37-16-14-34-35(37)3)13-12-26(21)27-7-4-6-25-20-36(17-18-38(25)27)29(39)23-8-10-24(11-9-23)30(31,32)33/h8-14,16,25,27,34H,4-7,15,17-20H2,1-3H3. The molecule has 2 atom stereocenters. The number of alkyl halides is 3. The van der Waals surface area contributed by atoms with Crippen molar-refractivity contribution in [3.63, 3.8) is 0 Å². The molecule has 10 heteroatoms. The highest BCUT2D eigenvalue weighted by molar-refractivity contribution is 5.94.